The van der Waals surface area contributed by atoms with E-state index in [0.29, 0.717) is 21.1 Å². The van der Waals surface area contributed by atoms with E-state index in [0.717, 1.165) is 17.3 Å². The molecule has 33 heavy (non-hydrogen) atoms. The fourth-order valence-electron chi connectivity index (χ4n) is 3.58. The lowest BCUT2D eigenvalue weighted by Crippen LogP contribution is -2.70. The van der Waals surface area contributed by atoms with Gasteiger partial charge in [-0.15, -0.1) is 11.8 Å². The van der Waals surface area contributed by atoms with E-state index in [4.69, 9.17) is 5.26 Å². The molecule has 2 aromatic rings. The Morgan fingerprint density at radius 1 is 1.18 bits per heavy atom. The fraction of sp³-hybridized carbons (Fsp3) is 0.174. The number of fused-ring (bicyclic) bond motifs is 1. The third kappa shape index (κ3) is 4.44. The molecular formula is C23H16N4O4S2. The number of nitrogens with one attached hydrogen (secondary N) is 1. The minimum Gasteiger partial charge on any atom is -0.477 e. The van der Waals surface area contributed by atoms with Crippen LogP contribution in [0.15, 0.2) is 64.0 Å². The number of nitriles is 2. The van der Waals surface area contributed by atoms with Crippen LogP contribution >= 0.6 is 23.5 Å². The fourth-order valence-corrected chi connectivity index (χ4v) is 6.12. The molecule has 164 valence electrons. The van der Waals surface area contributed by atoms with Crippen molar-refractivity contribution in [2.75, 3.05) is 5.75 Å². The molecule has 0 saturated carbocycles. The maximum absolute atomic E-state index is 12.8. The van der Waals surface area contributed by atoms with Crippen molar-refractivity contribution in [3.05, 3.63) is 75.8 Å². The first-order valence-corrected chi connectivity index (χ1v) is 11.7. The Morgan fingerprint density at radius 3 is 2.61 bits per heavy atom. The van der Waals surface area contributed by atoms with Gasteiger partial charge in [-0.2, -0.15) is 10.5 Å². The van der Waals surface area contributed by atoms with Crippen molar-refractivity contribution in [3.63, 3.8) is 0 Å². The summed E-state index contributed by atoms with van der Waals surface area (Å²) in [5.74, 6) is -1.74. The zero-order valence-corrected chi connectivity index (χ0v) is 18.7. The summed E-state index contributed by atoms with van der Waals surface area (Å²) in [6.45, 7) is 0. The molecule has 2 aliphatic heterocycles. The molecule has 0 bridgehead atoms. The van der Waals surface area contributed by atoms with E-state index < -0.39 is 23.3 Å². The van der Waals surface area contributed by atoms with Crippen molar-refractivity contribution in [3.8, 4) is 12.1 Å². The van der Waals surface area contributed by atoms with E-state index in [-0.39, 0.29) is 23.6 Å². The molecule has 1 saturated heterocycles. The first-order chi connectivity index (χ1) is 15.9. The monoisotopic (exact) mass is 476 g/mol. The van der Waals surface area contributed by atoms with E-state index >= 15 is 0 Å². The first-order valence-electron chi connectivity index (χ1n) is 9.79. The smallest absolute Gasteiger partial charge is 0.353 e. The number of carboxylic acid groups (broad SMARTS) is 1. The molecule has 0 aliphatic carbocycles. The Hall–Kier alpha value is -3.73. The molecule has 8 nitrogen and oxygen atoms in total. The van der Waals surface area contributed by atoms with Gasteiger partial charge in [0, 0.05) is 15.6 Å². The van der Waals surface area contributed by atoms with Crippen molar-refractivity contribution in [1.82, 2.24) is 10.2 Å². The van der Waals surface area contributed by atoms with Crippen molar-refractivity contribution >= 4 is 41.3 Å². The lowest BCUT2D eigenvalue weighted by atomic mass is 10.0. The summed E-state index contributed by atoms with van der Waals surface area (Å²) in [4.78, 5) is 39.4. The molecule has 10 heteroatoms. The molecule has 1 fully saturated rings. The highest BCUT2D eigenvalue weighted by molar-refractivity contribution is 8.06. The second kappa shape index (κ2) is 9.41. The maximum atomic E-state index is 12.8. The third-order valence-corrected chi connectivity index (χ3v) is 7.74. The largest absolute Gasteiger partial charge is 0.477 e. The van der Waals surface area contributed by atoms with Gasteiger partial charge < -0.3 is 10.4 Å². The molecular weight excluding hydrogens is 460 g/mol. The number of hydrogen-bond acceptors (Lipinski definition) is 7. The first kappa shape index (κ1) is 22.5. The number of aliphatic carboxylic acids is 1. The molecule has 2 amide bonds. The van der Waals surface area contributed by atoms with Gasteiger partial charge in [0.05, 0.1) is 23.6 Å². The second-order valence-corrected chi connectivity index (χ2v) is 9.47. The van der Waals surface area contributed by atoms with E-state index in [1.54, 1.807) is 12.1 Å². The summed E-state index contributed by atoms with van der Waals surface area (Å²) in [6, 6.07) is 16.9. The van der Waals surface area contributed by atoms with Gasteiger partial charge in [-0.3, -0.25) is 14.5 Å². The van der Waals surface area contributed by atoms with Crippen LogP contribution in [0.25, 0.3) is 0 Å². The van der Waals surface area contributed by atoms with Crippen LogP contribution in [-0.2, 0) is 20.8 Å². The molecule has 2 atom stereocenters. The molecule has 2 aliphatic rings. The molecule has 4 rings (SSSR count). The van der Waals surface area contributed by atoms with Crippen molar-refractivity contribution in [2.24, 2.45) is 0 Å². The molecule has 2 heterocycles. The summed E-state index contributed by atoms with van der Waals surface area (Å²) in [5.41, 5.74) is 1.25. The molecule has 0 radical (unpaired) electrons. The van der Waals surface area contributed by atoms with Crippen LogP contribution < -0.4 is 5.32 Å². The minimum absolute atomic E-state index is 0.125. The van der Waals surface area contributed by atoms with Gasteiger partial charge in [0.25, 0.3) is 5.91 Å². The van der Waals surface area contributed by atoms with Gasteiger partial charge in [0.1, 0.15) is 23.2 Å². The maximum Gasteiger partial charge on any atom is 0.353 e. The number of benzene rings is 2. The highest BCUT2D eigenvalue weighted by Crippen LogP contribution is 2.45. The van der Waals surface area contributed by atoms with Gasteiger partial charge in [-0.25, -0.2) is 4.79 Å². The van der Waals surface area contributed by atoms with Gasteiger partial charge in [-0.05, 0) is 23.8 Å². The lowest BCUT2D eigenvalue weighted by Gasteiger charge is -2.49. The van der Waals surface area contributed by atoms with Crippen LogP contribution in [0.3, 0.4) is 0 Å². The summed E-state index contributed by atoms with van der Waals surface area (Å²) in [5, 5.41) is 30.5. The summed E-state index contributed by atoms with van der Waals surface area (Å²) in [6.07, 6.45) is 0.125. The van der Waals surface area contributed by atoms with E-state index in [9.17, 15) is 24.8 Å². The van der Waals surface area contributed by atoms with E-state index in [1.807, 2.05) is 42.5 Å². The SMILES string of the molecule is N#Cc1ccc(SC2=C(C(=O)O)N3C(=O)[C@@H](NC(=O)Cc4ccccc4)[C@H]3SC2)c(C#N)c1. The lowest BCUT2D eigenvalue weighted by molar-refractivity contribution is -0.150. The third-order valence-electron chi connectivity index (χ3n) is 5.12. The van der Waals surface area contributed by atoms with Crippen LogP contribution in [0.5, 0.6) is 0 Å². The Bertz CT molecular complexity index is 1260. The zero-order valence-electron chi connectivity index (χ0n) is 17.0. The average Bonchev–Trinajstić information content (AvgIpc) is 2.82. The Labute approximate surface area is 197 Å². The number of rotatable bonds is 6. The predicted octanol–water partition coefficient (Wildman–Crippen LogP) is 2.46. The molecule has 0 spiro atoms. The van der Waals surface area contributed by atoms with Crippen LogP contribution in [0, 0.1) is 22.7 Å². The van der Waals surface area contributed by atoms with Gasteiger partial charge in [-0.1, -0.05) is 42.1 Å². The Morgan fingerprint density at radius 2 is 1.94 bits per heavy atom. The topological polar surface area (TPSA) is 134 Å². The number of carboxylic acids is 1. The minimum atomic E-state index is -1.25. The van der Waals surface area contributed by atoms with E-state index in [1.165, 1.54) is 22.7 Å². The summed E-state index contributed by atoms with van der Waals surface area (Å²) >= 11 is 2.45. The van der Waals surface area contributed by atoms with Crippen LogP contribution in [0.2, 0.25) is 0 Å². The van der Waals surface area contributed by atoms with Gasteiger partial charge in [0.15, 0.2) is 0 Å². The number of carbonyl (C=O) groups excluding carboxylic acids is 2. The summed E-state index contributed by atoms with van der Waals surface area (Å²) in [7, 11) is 0. The quantitative estimate of drug-likeness (QED) is 0.607. The predicted molar refractivity (Wildman–Crippen MR) is 122 cm³/mol. The van der Waals surface area contributed by atoms with Gasteiger partial charge in [0.2, 0.25) is 5.91 Å². The van der Waals surface area contributed by atoms with E-state index in [2.05, 4.69) is 5.32 Å². The molecule has 0 aromatic heterocycles. The number of carbonyl (C=O) groups is 3. The zero-order chi connectivity index (χ0) is 23.5. The highest BCUT2D eigenvalue weighted by Gasteiger charge is 2.54. The number of hydrogen-bond donors (Lipinski definition) is 2. The van der Waals surface area contributed by atoms with Crippen molar-refractivity contribution in [1.29, 1.82) is 10.5 Å². The van der Waals surface area contributed by atoms with Crippen LogP contribution in [-0.4, -0.2) is 45.0 Å². The average molecular weight is 477 g/mol. The Balaban J connectivity index is 1.52. The Kier molecular flexibility index (Phi) is 6.40. The number of β-lactam (4-membered cyclic amide) rings is 1. The summed E-state index contributed by atoms with van der Waals surface area (Å²) < 4.78 is 0. The molecule has 2 N–H and O–H groups in total. The normalized spacial score (nSPS) is 19.1. The van der Waals surface area contributed by atoms with Crippen molar-refractivity contribution in [2.45, 2.75) is 22.7 Å². The standard InChI is InChI=1S/C23H16N4O4S2/c24-10-14-6-7-16(15(8-14)11-25)33-17-12-32-22-19(21(29)27(22)20(17)23(30)31)26-18(28)9-13-4-2-1-3-5-13/h1-8,19,22H,9,12H2,(H,26,28)(H,30,31)/t19-,22-/m1/s1. The highest BCUT2D eigenvalue weighted by atomic mass is 32.2. The van der Waals surface area contributed by atoms with Gasteiger partial charge >= 0.3 is 5.97 Å². The number of thioether (sulfide) groups is 2. The second-order valence-electron chi connectivity index (χ2n) is 7.23. The van der Waals surface area contributed by atoms with Crippen LogP contribution in [0.4, 0.5) is 0 Å². The van der Waals surface area contributed by atoms with Crippen LogP contribution in [0.1, 0.15) is 16.7 Å². The number of nitrogens with zero attached hydrogens (tertiary/aromatic N) is 3. The van der Waals surface area contributed by atoms with Crippen molar-refractivity contribution < 1.29 is 19.5 Å². The molecule has 2 aromatic carbocycles. The molecule has 0 unspecified atom stereocenters. The number of amides is 2.